The Morgan fingerprint density at radius 1 is 1.08 bits per heavy atom. The summed E-state index contributed by atoms with van der Waals surface area (Å²) in [5.74, 6) is -1.26. The van der Waals surface area contributed by atoms with Gasteiger partial charge >= 0.3 is 5.97 Å². The van der Waals surface area contributed by atoms with Crippen molar-refractivity contribution in [3.05, 3.63) is 29.8 Å². The van der Waals surface area contributed by atoms with Crippen LogP contribution in [0.4, 0.5) is 5.69 Å². The molecule has 2 fully saturated rings. The molecule has 0 unspecified atom stereocenters. The molecule has 1 heterocycles. The molecule has 5 nitrogen and oxygen atoms in total. The Hall–Kier alpha value is -1.21. The Morgan fingerprint density at radius 2 is 1.60 bits per heavy atom. The molecule has 25 heavy (non-hydrogen) atoms. The van der Waals surface area contributed by atoms with Crippen LogP contribution in [-0.4, -0.2) is 34.0 Å². The first-order valence-corrected chi connectivity index (χ1v) is 10.2. The van der Waals surface area contributed by atoms with Gasteiger partial charge in [-0.05, 0) is 43.5 Å². The quantitative estimate of drug-likeness (QED) is 0.381. The van der Waals surface area contributed by atoms with Crippen molar-refractivity contribution in [3.8, 4) is 0 Å². The maximum absolute atomic E-state index is 12.7. The topological polar surface area (TPSA) is 63.7 Å². The number of benzene rings is 1. The van der Waals surface area contributed by atoms with Gasteiger partial charge in [0, 0.05) is 9.65 Å². The highest BCUT2D eigenvalue weighted by molar-refractivity contribution is 9.12. The Kier molecular flexibility index (Phi) is 5.63. The zero-order valence-electron chi connectivity index (χ0n) is 13.8. The van der Waals surface area contributed by atoms with Gasteiger partial charge in [0.05, 0.1) is 29.7 Å². The van der Waals surface area contributed by atoms with E-state index in [9.17, 15) is 14.4 Å². The third-order valence-corrected chi connectivity index (χ3v) is 7.44. The van der Waals surface area contributed by atoms with E-state index in [1.165, 1.54) is 4.90 Å². The molecule has 4 atom stereocenters. The van der Waals surface area contributed by atoms with Gasteiger partial charge in [0.25, 0.3) is 0 Å². The largest absolute Gasteiger partial charge is 0.462 e. The van der Waals surface area contributed by atoms with Crippen molar-refractivity contribution in [2.75, 3.05) is 11.5 Å². The fourth-order valence-electron chi connectivity index (χ4n) is 3.37. The van der Waals surface area contributed by atoms with Crippen molar-refractivity contribution >= 4 is 55.3 Å². The summed E-state index contributed by atoms with van der Waals surface area (Å²) < 4.78 is 5.09. The highest BCUT2D eigenvalue weighted by Gasteiger charge is 2.52. The molecule has 1 aliphatic carbocycles. The molecule has 7 heteroatoms. The molecule has 0 aromatic heterocycles. The van der Waals surface area contributed by atoms with Gasteiger partial charge in [0.2, 0.25) is 11.8 Å². The fraction of sp³-hybridized carbons (Fsp3) is 0.500. The van der Waals surface area contributed by atoms with Crippen molar-refractivity contribution in [1.29, 1.82) is 0 Å². The minimum Gasteiger partial charge on any atom is -0.462 e. The van der Waals surface area contributed by atoms with E-state index in [1.54, 1.807) is 24.3 Å². The molecule has 3 rings (SSSR count). The highest BCUT2D eigenvalue weighted by Crippen LogP contribution is 2.44. The third-order valence-electron chi connectivity index (χ3n) is 4.71. The van der Waals surface area contributed by atoms with E-state index >= 15 is 0 Å². The number of amides is 2. The van der Waals surface area contributed by atoms with Crippen LogP contribution in [0, 0.1) is 11.8 Å². The van der Waals surface area contributed by atoms with E-state index < -0.39 is 5.97 Å². The lowest BCUT2D eigenvalue weighted by Gasteiger charge is -2.29. The lowest BCUT2D eigenvalue weighted by atomic mass is 9.81. The van der Waals surface area contributed by atoms with E-state index in [4.69, 9.17) is 4.74 Å². The Bertz CT molecular complexity index is 663. The molecule has 0 spiro atoms. The fourth-order valence-corrected chi connectivity index (χ4v) is 4.61. The Balaban J connectivity index is 1.79. The van der Waals surface area contributed by atoms with E-state index in [0.717, 1.165) is 6.42 Å². The first-order chi connectivity index (χ1) is 11.9. The standard InChI is InChI=1S/C18H19Br2NO4/c1-2-7-25-18(24)10-3-5-11(6-4-10)21-16(22)12-8-14(19)15(20)9-13(12)17(21)23/h3-6,12-15H,2,7-9H2,1H3/t12-,13+,14-,15-/m0/s1. The highest BCUT2D eigenvalue weighted by atomic mass is 79.9. The van der Waals surface area contributed by atoms with Crippen LogP contribution in [0.25, 0.3) is 0 Å². The predicted octanol–water partition coefficient (Wildman–Crippen LogP) is 3.68. The van der Waals surface area contributed by atoms with Gasteiger partial charge < -0.3 is 4.74 Å². The summed E-state index contributed by atoms with van der Waals surface area (Å²) in [5, 5.41) is 0. The number of nitrogens with zero attached hydrogens (tertiary/aromatic N) is 1. The molecule has 2 aliphatic rings. The number of imide groups is 1. The van der Waals surface area contributed by atoms with Gasteiger partial charge in [-0.3, -0.25) is 14.5 Å². The van der Waals surface area contributed by atoms with Crippen molar-refractivity contribution in [3.63, 3.8) is 0 Å². The number of hydrogen-bond donors (Lipinski definition) is 0. The molecule has 0 N–H and O–H groups in total. The maximum atomic E-state index is 12.7. The second-order valence-electron chi connectivity index (χ2n) is 6.41. The maximum Gasteiger partial charge on any atom is 0.338 e. The average molecular weight is 473 g/mol. The summed E-state index contributed by atoms with van der Waals surface area (Å²) in [7, 11) is 0. The number of halogens is 2. The van der Waals surface area contributed by atoms with Crippen LogP contribution in [0.5, 0.6) is 0 Å². The van der Waals surface area contributed by atoms with Gasteiger partial charge in [-0.2, -0.15) is 0 Å². The Morgan fingerprint density at radius 3 is 2.08 bits per heavy atom. The number of carbonyl (C=O) groups excluding carboxylic acids is 3. The van der Waals surface area contributed by atoms with Crippen molar-refractivity contribution in [1.82, 2.24) is 0 Å². The molecule has 1 aromatic carbocycles. The van der Waals surface area contributed by atoms with Crippen LogP contribution < -0.4 is 4.90 Å². The monoisotopic (exact) mass is 471 g/mol. The van der Waals surface area contributed by atoms with Gasteiger partial charge in [-0.1, -0.05) is 38.8 Å². The third kappa shape index (κ3) is 3.53. The number of fused-ring (bicyclic) bond motifs is 1. The van der Waals surface area contributed by atoms with Gasteiger partial charge in [-0.25, -0.2) is 4.79 Å². The first-order valence-electron chi connectivity index (χ1n) is 8.37. The minimum atomic E-state index is -0.398. The Labute approximate surface area is 163 Å². The average Bonchev–Trinajstić information content (AvgIpc) is 2.84. The summed E-state index contributed by atoms with van der Waals surface area (Å²) in [6.45, 7) is 2.30. The molecule has 1 aromatic rings. The molecule has 0 bridgehead atoms. The molecule has 2 amide bonds. The van der Waals surface area contributed by atoms with Crippen LogP contribution >= 0.6 is 31.9 Å². The molecular weight excluding hydrogens is 454 g/mol. The first kappa shape index (κ1) is 18.6. The second-order valence-corrected chi connectivity index (χ2v) is 8.76. The van der Waals surface area contributed by atoms with Gasteiger partial charge in [0.1, 0.15) is 0 Å². The lowest BCUT2D eigenvalue weighted by molar-refractivity contribution is -0.122. The van der Waals surface area contributed by atoms with Crippen molar-refractivity contribution in [2.24, 2.45) is 11.8 Å². The smallest absolute Gasteiger partial charge is 0.338 e. The zero-order chi connectivity index (χ0) is 18.1. The van der Waals surface area contributed by atoms with Crippen LogP contribution in [-0.2, 0) is 14.3 Å². The number of carbonyl (C=O) groups is 3. The van der Waals surface area contributed by atoms with E-state index in [1.807, 2.05) is 6.92 Å². The summed E-state index contributed by atoms with van der Waals surface area (Å²) >= 11 is 7.16. The summed E-state index contributed by atoms with van der Waals surface area (Å²) in [4.78, 5) is 39.0. The molecule has 1 aliphatic heterocycles. The number of alkyl halides is 2. The SMILES string of the molecule is CCCOC(=O)c1ccc(N2C(=O)[C@H]3C[C@H](Br)[C@@H](Br)C[C@H]3C2=O)cc1. The number of ether oxygens (including phenoxy) is 1. The lowest BCUT2D eigenvalue weighted by Crippen LogP contribution is -2.34. The summed E-state index contributed by atoms with van der Waals surface area (Å²) in [6, 6.07) is 6.45. The van der Waals surface area contributed by atoms with Crippen LogP contribution in [0.3, 0.4) is 0 Å². The molecule has 0 radical (unpaired) electrons. The summed E-state index contributed by atoms with van der Waals surface area (Å²) in [6.07, 6.45) is 2.04. The van der Waals surface area contributed by atoms with Crippen molar-refractivity contribution < 1.29 is 19.1 Å². The molecule has 1 saturated heterocycles. The molecular formula is C18H19Br2NO4. The summed E-state index contributed by atoms with van der Waals surface area (Å²) in [5.41, 5.74) is 0.920. The van der Waals surface area contributed by atoms with E-state index in [-0.39, 0.29) is 33.3 Å². The van der Waals surface area contributed by atoms with Gasteiger partial charge in [0.15, 0.2) is 0 Å². The van der Waals surface area contributed by atoms with E-state index in [0.29, 0.717) is 30.7 Å². The van der Waals surface area contributed by atoms with Gasteiger partial charge in [-0.15, -0.1) is 0 Å². The number of hydrogen-bond acceptors (Lipinski definition) is 4. The normalized spacial score (nSPS) is 28.8. The van der Waals surface area contributed by atoms with Crippen LogP contribution in [0.15, 0.2) is 24.3 Å². The second kappa shape index (κ2) is 7.58. The minimum absolute atomic E-state index is 0.153. The molecule has 134 valence electrons. The van der Waals surface area contributed by atoms with Crippen LogP contribution in [0.1, 0.15) is 36.5 Å². The molecule has 1 saturated carbocycles. The zero-order valence-corrected chi connectivity index (χ0v) is 17.0. The van der Waals surface area contributed by atoms with Crippen molar-refractivity contribution in [2.45, 2.75) is 35.8 Å². The number of anilines is 1. The predicted molar refractivity (Wildman–Crippen MR) is 101 cm³/mol. The van der Waals surface area contributed by atoms with E-state index in [2.05, 4.69) is 31.9 Å². The number of rotatable bonds is 4. The van der Waals surface area contributed by atoms with Crippen LogP contribution in [0.2, 0.25) is 0 Å². The number of esters is 1.